The van der Waals surface area contributed by atoms with Gasteiger partial charge in [0.25, 0.3) is 0 Å². The summed E-state index contributed by atoms with van der Waals surface area (Å²) in [6.45, 7) is 10.9. The van der Waals surface area contributed by atoms with Crippen LogP contribution in [0.1, 0.15) is 52.4 Å². The third-order valence-corrected chi connectivity index (χ3v) is 2.87. The Hall–Kier alpha value is -1.07. The Labute approximate surface area is 116 Å². The van der Waals surface area contributed by atoms with E-state index in [2.05, 4.69) is 45.0 Å². The second-order valence-corrected chi connectivity index (χ2v) is 5.90. The molecule has 1 rings (SSSR count). The molecule has 5 heteroatoms. The molecule has 5 nitrogen and oxygen atoms in total. The van der Waals surface area contributed by atoms with Crippen molar-refractivity contribution in [3.05, 3.63) is 11.9 Å². The van der Waals surface area contributed by atoms with Gasteiger partial charge in [-0.05, 0) is 41.7 Å². The predicted octanol–water partition coefficient (Wildman–Crippen LogP) is 2.55. The second-order valence-electron chi connectivity index (χ2n) is 5.90. The molecule has 1 atom stereocenters. The van der Waals surface area contributed by atoms with E-state index in [1.54, 1.807) is 13.3 Å². The first-order valence-electron chi connectivity index (χ1n) is 6.72. The van der Waals surface area contributed by atoms with E-state index in [0.29, 0.717) is 6.61 Å². The average molecular weight is 269 g/mol. The minimum absolute atomic E-state index is 0.0547. The molecular formula is C14H27N3O2. The Kier molecular flexibility index (Phi) is 5.38. The molecule has 1 aromatic heterocycles. The van der Waals surface area contributed by atoms with E-state index in [0.717, 1.165) is 11.4 Å². The van der Waals surface area contributed by atoms with Gasteiger partial charge in [0, 0.05) is 6.04 Å². The molecule has 0 spiro atoms. The fourth-order valence-electron chi connectivity index (χ4n) is 1.89. The van der Waals surface area contributed by atoms with E-state index in [9.17, 15) is 0 Å². The van der Waals surface area contributed by atoms with E-state index >= 15 is 0 Å². The number of hydrogen-bond acceptors (Lipinski definition) is 4. The largest absolute Gasteiger partial charge is 0.493 e. The lowest BCUT2D eigenvalue weighted by Crippen LogP contribution is -2.30. The lowest BCUT2D eigenvalue weighted by Gasteiger charge is -2.26. The van der Waals surface area contributed by atoms with Crippen LogP contribution in [0.25, 0.3) is 0 Å². The van der Waals surface area contributed by atoms with Gasteiger partial charge in [-0.25, -0.2) is 0 Å². The molecule has 1 heterocycles. The zero-order valence-electron chi connectivity index (χ0n) is 13.2. The normalized spacial score (nSPS) is 13.9. The standard InChI is InChI=1S/C14H27N3O2/c1-10(2)17-13(12(18-7)8-16-17)11(15-6)9-19-14(3,4)5/h8,10-11,15H,9H2,1-7H3. The van der Waals surface area contributed by atoms with Crippen molar-refractivity contribution in [2.75, 3.05) is 20.8 Å². The topological polar surface area (TPSA) is 48.3 Å². The van der Waals surface area contributed by atoms with Crippen molar-refractivity contribution in [2.45, 2.75) is 52.3 Å². The molecule has 0 radical (unpaired) electrons. The van der Waals surface area contributed by atoms with Gasteiger partial charge in [0.1, 0.15) is 0 Å². The molecule has 0 fully saturated rings. The van der Waals surface area contributed by atoms with Gasteiger partial charge in [-0.15, -0.1) is 0 Å². The maximum absolute atomic E-state index is 5.88. The Morgan fingerprint density at radius 3 is 2.42 bits per heavy atom. The van der Waals surface area contributed by atoms with Crippen LogP contribution in [-0.4, -0.2) is 36.1 Å². The average Bonchev–Trinajstić information content (AvgIpc) is 2.72. The highest BCUT2D eigenvalue weighted by Gasteiger charge is 2.24. The van der Waals surface area contributed by atoms with Crippen LogP contribution in [0, 0.1) is 0 Å². The third kappa shape index (κ3) is 4.21. The summed E-state index contributed by atoms with van der Waals surface area (Å²) in [5.74, 6) is 0.797. The van der Waals surface area contributed by atoms with Crippen molar-refractivity contribution in [3.63, 3.8) is 0 Å². The Bertz CT molecular complexity index is 394. The minimum atomic E-state index is -0.162. The molecule has 110 valence electrons. The maximum atomic E-state index is 5.88. The summed E-state index contributed by atoms with van der Waals surface area (Å²) in [6, 6.07) is 0.337. The molecule has 0 aliphatic heterocycles. The summed E-state index contributed by atoms with van der Waals surface area (Å²) in [5, 5.41) is 7.68. The van der Waals surface area contributed by atoms with Crippen LogP contribution in [-0.2, 0) is 4.74 Å². The Morgan fingerprint density at radius 1 is 1.37 bits per heavy atom. The van der Waals surface area contributed by atoms with Crippen molar-refractivity contribution < 1.29 is 9.47 Å². The van der Waals surface area contributed by atoms with Gasteiger partial charge >= 0.3 is 0 Å². The van der Waals surface area contributed by atoms with E-state index in [-0.39, 0.29) is 17.7 Å². The monoisotopic (exact) mass is 269 g/mol. The minimum Gasteiger partial charge on any atom is -0.493 e. The fourth-order valence-corrected chi connectivity index (χ4v) is 1.89. The van der Waals surface area contributed by atoms with E-state index < -0.39 is 0 Å². The summed E-state index contributed by atoms with van der Waals surface area (Å²) in [6.07, 6.45) is 1.76. The predicted molar refractivity (Wildman–Crippen MR) is 76.7 cm³/mol. The molecule has 1 aromatic rings. The van der Waals surface area contributed by atoms with Crippen LogP contribution in [0.3, 0.4) is 0 Å². The number of nitrogens with one attached hydrogen (secondary N) is 1. The highest BCUT2D eigenvalue weighted by Crippen LogP contribution is 2.28. The number of rotatable bonds is 6. The van der Waals surface area contributed by atoms with Gasteiger partial charge in [0.15, 0.2) is 5.75 Å². The van der Waals surface area contributed by atoms with E-state index in [1.807, 2.05) is 11.7 Å². The van der Waals surface area contributed by atoms with E-state index in [1.165, 1.54) is 0 Å². The van der Waals surface area contributed by atoms with Gasteiger partial charge in [-0.1, -0.05) is 0 Å². The van der Waals surface area contributed by atoms with Crippen LogP contribution in [0.4, 0.5) is 0 Å². The summed E-state index contributed by atoms with van der Waals surface area (Å²) in [5.41, 5.74) is 0.870. The molecule has 0 amide bonds. The Balaban J connectivity index is 2.99. The number of hydrogen-bond donors (Lipinski definition) is 1. The van der Waals surface area contributed by atoms with Crippen LogP contribution >= 0.6 is 0 Å². The molecular weight excluding hydrogens is 242 g/mol. The third-order valence-electron chi connectivity index (χ3n) is 2.87. The highest BCUT2D eigenvalue weighted by molar-refractivity contribution is 5.29. The van der Waals surface area contributed by atoms with Crippen LogP contribution < -0.4 is 10.1 Å². The fraction of sp³-hybridized carbons (Fsp3) is 0.786. The molecule has 1 unspecified atom stereocenters. The summed E-state index contributed by atoms with van der Waals surface area (Å²) in [4.78, 5) is 0. The number of aromatic nitrogens is 2. The number of ether oxygens (including phenoxy) is 2. The summed E-state index contributed by atoms with van der Waals surface area (Å²) >= 11 is 0. The van der Waals surface area contributed by atoms with Crippen molar-refractivity contribution in [2.24, 2.45) is 0 Å². The molecule has 1 N–H and O–H groups in total. The first-order chi connectivity index (χ1) is 8.80. The van der Waals surface area contributed by atoms with Crippen molar-refractivity contribution in [1.82, 2.24) is 15.1 Å². The molecule has 0 aromatic carbocycles. The van der Waals surface area contributed by atoms with Gasteiger partial charge < -0.3 is 14.8 Å². The second kappa shape index (κ2) is 6.39. The summed E-state index contributed by atoms with van der Waals surface area (Å²) in [7, 11) is 3.59. The first-order valence-corrected chi connectivity index (χ1v) is 6.72. The zero-order valence-corrected chi connectivity index (χ0v) is 13.2. The van der Waals surface area contributed by atoms with Gasteiger partial charge in [0.2, 0.25) is 0 Å². The number of methoxy groups -OCH3 is 1. The SMILES string of the molecule is CNC(COC(C)(C)C)c1c(OC)cnn1C(C)C. The van der Waals surface area contributed by atoms with Gasteiger partial charge in [-0.3, -0.25) is 4.68 Å². The molecule has 0 saturated heterocycles. The van der Waals surface area contributed by atoms with Crippen molar-refractivity contribution in [1.29, 1.82) is 0 Å². The van der Waals surface area contributed by atoms with Gasteiger partial charge in [-0.2, -0.15) is 5.10 Å². The van der Waals surface area contributed by atoms with Crippen LogP contribution in [0.5, 0.6) is 5.75 Å². The highest BCUT2D eigenvalue weighted by atomic mass is 16.5. The molecule has 0 aliphatic carbocycles. The van der Waals surface area contributed by atoms with E-state index in [4.69, 9.17) is 9.47 Å². The molecule has 19 heavy (non-hydrogen) atoms. The molecule has 0 bridgehead atoms. The molecule has 0 saturated carbocycles. The number of likely N-dealkylation sites (N-methyl/N-ethyl adjacent to an activating group) is 1. The smallest absolute Gasteiger partial charge is 0.161 e. The quantitative estimate of drug-likeness (QED) is 0.862. The first kappa shape index (κ1) is 16.0. The van der Waals surface area contributed by atoms with Crippen molar-refractivity contribution >= 4 is 0 Å². The lowest BCUT2D eigenvalue weighted by molar-refractivity contribution is -0.0152. The van der Waals surface area contributed by atoms with Crippen LogP contribution in [0.2, 0.25) is 0 Å². The Morgan fingerprint density at radius 2 is 2.00 bits per heavy atom. The number of nitrogens with zero attached hydrogens (tertiary/aromatic N) is 2. The maximum Gasteiger partial charge on any atom is 0.161 e. The zero-order chi connectivity index (χ0) is 14.6. The lowest BCUT2D eigenvalue weighted by atomic mass is 10.1. The van der Waals surface area contributed by atoms with Crippen molar-refractivity contribution in [3.8, 4) is 5.75 Å². The molecule has 0 aliphatic rings. The van der Waals surface area contributed by atoms with Crippen LogP contribution in [0.15, 0.2) is 6.20 Å². The summed E-state index contributed by atoms with van der Waals surface area (Å²) < 4.78 is 13.3. The van der Waals surface area contributed by atoms with Gasteiger partial charge in [0.05, 0.1) is 37.3 Å².